The first-order valence-corrected chi connectivity index (χ1v) is 5.20. The van der Waals surface area contributed by atoms with E-state index in [0.717, 1.165) is 0 Å². The lowest BCUT2D eigenvalue weighted by Crippen LogP contribution is -2.19. The van der Waals surface area contributed by atoms with Gasteiger partial charge in [0.2, 0.25) is 5.95 Å². The van der Waals surface area contributed by atoms with E-state index in [2.05, 4.69) is 20.0 Å². The summed E-state index contributed by atoms with van der Waals surface area (Å²) in [6.45, 7) is -0.0695. The Labute approximate surface area is 102 Å². The number of carbonyl (C=O) groups excluding carboxylic acids is 1. The zero-order valence-corrected chi connectivity index (χ0v) is 9.69. The molecule has 0 bridgehead atoms. The predicted octanol–water partition coefficient (Wildman–Crippen LogP) is 0.0902. The fourth-order valence-corrected chi connectivity index (χ4v) is 1.47. The van der Waals surface area contributed by atoms with Crippen molar-refractivity contribution in [3.05, 3.63) is 28.6 Å². The Morgan fingerprint density at radius 1 is 1.56 bits per heavy atom. The molecule has 0 aliphatic heterocycles. The molecule has 4 N–H and O–H groups in total. The molecule has 0 amide bonds. The SMILES string of the molecule is COC(=O)CNc1nc2ccc(N)cc2c(=O)[nH]1. The van der Waals surface area contributed by atoms with Gasteiger partial charge in [-0.05, 0) is 18.2 Å². The van der Waals surface area contributed by atoms with Gasteiger partial charge in [-0.2, -0.15) is 0 Å². The molecule has 0 saturated heterocycles. The molecule has 2 aromatic rings. The highest BCUT2D eigenvalue weighted by Gasteiger charge is 2.05. The molecule has 94 valence electrons. The molecule has 0 aliphatic rings. The Balaban J connectivity index is 2.34. The van der Waals surface area contributed by atoms with E-state index < -0.39 is 5.97 Å². The van der Waals surface area contributed by atoms with E-state index >= 15 is 0 Å². The van der Waals surface area contributed by atoms with E-state index in [9.17, 15) is 9.59 Å². The third-order valence-electron chi connectivity index (χ3n) is 2.36. The highest BCUT2D eigenvalue weighted by atomic mass is 16.5. The molecule has 0 aliphatic carbocycles. The Kier molecular flexibility index (Phi) is 3.13. The summed E-state index contributed by atoms with van der Waals surface area (Å²) in [4.78, 5) is 29.4. The van der Waals surface area contributed by atoms with Crippen molar-refractivity contribution in [1.82, 2.24) is 9.97 Å². The number of hydrogen-bond donors (Lipinski definition) is 3. The molecule has 1 aromatic heterocycles. The van der Waals surface area contributed by atoms with Gasteiger partial charge in [-0.25, -0.2) is 4.98 Å². The highest BCUT2D eigenvalue weighted by molar-refractivity contribution is 5.82. The van der Waals surface area contributed by atoms with E-state index in [-0.39, 0.29) is 18.1 Å². The van der Waals surface area contributed by atoms with Crippen LogP contribution < -0.4 is 16.6 Å². The Morgan fingerprint density at radius 3 is 3.06 bits per heavy atom. The Morgan fingerprint density at radius 2 is 2.33 bits per heavy atom. The number of nitrogens with two attached hydrogens (primary N) is 1. The molecule has 1 heterocycles. The molecule has 18 heavy (non-hydrogen) atoms. The maximum absolute atomic E-state index is 11.8. The standard InChI is InChI=1S/C11H12N4O3/c1-18-9(16)5-13-11-14-8-3-2-6(12)4-7(8)10(17)15-11/h2-4H,5,12H2,1H3,(H2,13,14,15,17). The van der Waals surface area contributed by atoms with Crippen LogP contribution in [-0.2, 0) is 9.53 Å². The molecule has 0 saturated carbocycles. The van der Waals surface area contributed by atoms with E-state index in [4.69, 9.17) is 5.73 Å². The van der Waals surface area contributed by atoms with Crippen molar-refractivity contribution < 1.29 is 9.53 Å². The fraction of sp³-hybridized carbons (Fsp3) is 0.182. The second kappa shape index (κ2) is 4.74. The van der Waals surface area contributed by atoms with Crippen LogP contribution in [0.1, 0.15) is 0 Å². The summed E-state index contributed by atoms with van der Waals surface area (Å²) in [7, 11) is 1.28. The Bertz CT molecular complexity index is 650. The number of nitrogen functional groups attached to an aromatic ring is 1. The van der Waals surface area contributed by atoms with Gasteiger partial charge < -0.3 is 15.8 Å². The largest absolute Gasteiger partial charge is 0.468 e. The number of benzene rings is 1. The lowest BCUT2D eigenvalue weighted by atomic mass is 10.2. The van der Waals surface area contributed by atoms with Gasteiger partial charge in [0.1, 0.15) is 6.54 Å². The van der Waals surface area contributed by atoms with Crippen LogP contribution >= 0.6 is 0 Å². The van der Waals surface area contributed by atoms with Gasteiger partial charge in [0, 0.05) is 5.69 Å². The van der Waals surface area contributed by atoms with Crippen LogP contribution in [0.2, 0.25) is 0 Å². The molecular formula is C11H12N4O3. The van der Waals surface area contributed by atoms with Crippen LogP contribution in [-0.4, -0.2) is 29.6 Å². The summed E-state index contributed by atoms with van der Waals surface area (Å²) in [5.74, 6) is -0.238. The highest BCUT2D eigenvalue weighted by Crippen LogP contribution is 2.12. The average Bonchev–Trinajstić information content (AvgIpc) is 2.37. The molecule has 7 nitrogen and oxygen atoms in total. The summed E-state index contributed by atoms with van der Waals surface area (Å²) < 4.78 is 4.47. The molecule has 0 atom stereocenters. The van der Waals surface area contributed by atoms with Gasteiger partial charge in [0.25, 0.3) is 5.56 Å². The van der Waals surface area contributed by atoms with Gasteiger partial charge in [-0.1, -0.05) is 0 Å². The number of carbonyl (C=O) groups is 1. The lowest BCUT2D eigenvalue weighted by Gasteiger charge is -2.05. The van der Waals surface area contributed by atoms with E-state index in [1.807, 2.05) is 0 Å². The molecule has 0 radical (unpaired) electrons. The van der Waals surface area contributed by atoms with Crippen molar-refractivity contribution in [2.45, 2.75) is 0 Å². The molecule has 0 unspecified atom stereocenters. The van der Waals surface area contributed by atoms with Crippen LogP contribution in [0, 0.1) is 0 Å². The minimum Gasteiger partial charge on any atom is -0.468 e. The third kappa shape index (κ3) is 2.40. The molecule has 0 fully saturated rings. The van der Waals surface area contributed by atoms with Crippen LogP contribution in [0.3, 0.4) is 0 Å². The van der Waals surface area contributed by atoms with Gasteiger partial charge in [0.15, 0.2) is 0 Å². The minimum absolute atomic E-state index is 0.0695. The number of methoxy groups -OCH3 is 1. The monoisotopic (exact) mass is 248 g/mol. The van der Waals surface area contributed by atoms with E-state index in [1.54, 1.807) is 18.2 Å². The second-order valence-electron chi connectivity index (χ2n) is 3.62. The van der Waals surface area contributed by atoms with Gasteiger partial charge in [-0.15, -0.1) is 0 Å². The van der Waals surface area contributed by atoms with Crippen molar-refractivity contribution in [3.8, 4) is 0 Å². The molecule has 1 aromatic carbocycles. The third-order valence-corrected chi connectivity index (χ3v) is 2.36. The van der Waals surface area contributed by atoms with E-state index in [0.29, 0.717) is 16.6 Å². The number of nitrogens with zero attached hydrogens (tertiary/aromatic N) is 1. The van der Waals surface area contributed by atoms with Gasteiger partial charge >= 0.3 is 5.97 Å². The van der Waals surface area contributed by atoms with Gasteiger partial charge in [-0.3, -0.25) is 14.6 Å². The molecule has 2 rings (SSSR count). The number of anilines is 2. The number of hydrogen-bond acceptors (Lipinski definition) is 6. The molecule has 0 spiro atoms. The number of aromatic nitrogens is 2. The summed E-state index contributed by atoms with van der Waals surface area (Å²) >= 11 is 0. The van der Waals surface area contributed by atoms with Crippen molar-refractivity contribution in [2.24, 2.45) is 0 Å². The lowest BCUT2D eigenvalue weighted by molar-refractivity contribution is -0.138. The van der Waals surface area contributed by atoms with Crippen LogP contribution in [0.15, 0.2) is 23.0 Å². The maximum atomic E-state index is 11.8. The second-order valence-corrected chi connectivity index (χ2v) is 3.62. The Hall–Kier alpha value is -2.57. The predicted molar refractivity (Wildman–Crippen MR) is 67.3 cm³/mol. The van der Waals surface area contributed by atoms with Crippen molar-refractivity contribution in [2.75, 3.05) is 24.7 Å². The van der Waals surface area contributed by atoms with Crippen LogP contribution in [0.5, 0.6) is 0 Å². The van der Waals surface area contributed by atoms with E-state index in [1.165, 1.54) is 7.11 Å². The number of H-pyrrole nitrogens is 1. The first-order valence-electron chi connectivity index (χ1n) is 5.20. The summed E-state index contributed by atoms with van der Waals surface area (Å²) in [6, 6.07) is 4.84. The number of fused-ring (bicyclic) bond motifs is 1. The molecular weight excluding hydrogens is 236 g/mol. The number of aromatic amines is 1. The number of esters is 1. The first kappa shape index (κ1) is 11.9. The topological polar surface area (TPSA) is 110 Å². The van der Waals surface area contributed by atoms with Crippen molar-refractivity contribution in [3.63, 3.8) is 0 Å². The van der Waals surface area contributed by atoms with Crippen LogP contribution in [0.4, 0.5) is 11.6 Å². The average molecular weight is 248 g/mol. The number of nitrogens with one attached hydrogen (secondary N) is 2. The quantitative estimate of drug-likeness (QED) is 0.524. The summed E-state index contributed by atoms with van der Waals surface area (Å²) in [6.07, 6.45) is 0. The number of rotatable bonds is 3. The van der Waals surface area contributed by atoms with Crippen LogP contribution in [0.25, 0.3) is 10.9 Å². The summed E-state index contributed by atoms with van der Waals surface area (Å²) in [5, 5.41) is 3.07. The minimum atomic E-state index is -0.449. The van der Waals surface area contributed by atoms with Crippen molar-refractivity contribution >= 4 is 28.5 Å². The zero-order valence-electron chi connectivity index (χ0n) is 9.69. The fourth-order valence-electron chi connectivity index (χ4n) is 1.47. The number of ether oxygens (including phenoxy) is 1. The normalized spacial score (nSPS) is 10.3. The molecule has 7 heteroatoms. The van der Waals surface area contributed by atoms with Gasteiger partial charge in [0.05, 0.1) is 18.0 Å². The smallest absolute Gasteiger partial charge is 0.325 e. The maximum Gasteiger partial charge on any atom is 0.325 e. The zero-order chi connectivity index (χ0) is 13.1. The first-order chi connectivity index (χ1) is 8.60. The van der Waals surface area contributed by atoms with Crippen molar-refractivity contribution in [1.29, 1.82) is 0 Å². The summed E-state index contributed by atoms with van der Waals surface area (Å²) in [5.41, 5.74) is 6.26.